The highest BCUT2D eigenvalue weighted by Gasteiger charge is 2.14. The summed E-state index contributed by atoms with van der Waals surface area (Å²) in [5, 5.41) is 3.41. The van der Waals surface area contributed by atoms with Crippen LogP contribution in [0.25, 0.3) is 11.0 Å². The molecule has 0 radical (unpaired) electrons. The zero-order chi connectivity index (χ0) is 18.5. The van der Waals surface area contributed by atoms with Crippen molar-refractivity contribution < 1.29 is 13.9 Å². The summed E-state index contributed by atoms with van der Waals surface area (Å²) in [6, 6.07) is 10.5. The van der Waals surface area contributed by atoms with Crippen molar-refractivity contribution in [2.24, 2.45) is 0 Å². The molecule has 3 rings (SSSR count). The normalized spacial score (nSPS) is 10.9. The van der Waals surface area contributed by atoms with Gasteiger partial charge in [-0.05, 0) is 56.2 Å². The summed E-state index contributed by atoms with van der Waals surface area (Å²) in [4.78, 5) is 28.4. The second kappa shape index (κ2) is 7.82. The Hall–Kier alpha value is -3.15. The number of benzene rings is 1. The highest BCUT2D eigenvalue weighted by Crippen LogP contribution is 2.21. The predicted molar refractivity (Wildman–Crippen MR) is 98.5 cm³/mol. The fraction of sp³-hybridized carbons (Fsp3) is 0.250. The number of fused-ring (bicyclic) bond motifs is 1. The molecule has 1 amide bonds. The molecule has 2 heterocycles. The third-order valence-electron chi connectivity index (χ3n) is 3.77. The fourth-order valence-corrected chi connectivity index (χ4v) is 2.56. The van der Waals surface area contributed by atoms with Gasteiger partial charge in [0.05, 0.1) is 6.10 Å². The molecule has 1 aromatic carbocycles. The Morgan fingerprint density at radius 3 is 2.69 bits per heavy atom. The van der Waals surface area contributed by atoms with Crippen molar-refractivity contribution >= 4 is 16.9 Å². The van der Waals surface area contributed by atoms with E-state index in [0.29, 0.717) is 29.7 Å². The number of nitrogens with zero attached hydrogens (tertiary/aromatic N) is 1. The van der Waals surface area contributed by atoms with Gasteiger partial charge in [-0.1, -0.05) is 0 Å². The molecule has 26 heavy (non-hydrogen) atoms. The minimum atomic E-state index is -0.666. The number of ether oxygens (including phenoxy) is 1. The third-order valence-corrected chi connectivity index (χ3v) is 3.77. The molecule has 0 unspecified atom stereocenters. The van der Waals surface area contributed by atoms with Crippen LogP contribution in [0.4, 0.5) is 0 Å². The fourth-order valence-electron chi connectivity index (χ4n) is 2.56. The molecule has 0 saturated carbocycles. The first-order chi connectivity index (χ1) is 12.5. The largest absolute Gasteiger partial charge is 0.491 e. The van der Waals surface area contributed by atoms with Crippen LogP contribution in [-0.4, -0.2) is 23.5 Å². The van der Waals surface area contributed by atoms with Gasteiger partial charge in [-0.2, -0.15) is 0 Å². The van der Waals surface area contributed by atoms with Crippen LogP contribution in [0.15, 0.2) is 58.0 Å². The van der Waals surface area contributed by atoms with E-state index in [2.05, 4.69) is 10.3 Å². The van der Waals surface area contributed by atoms with Crippen molar-refractivity contribution in [3.05, 3.63) is 70.3 Å². The average molecular weight is 352 g/mol. The van der Waals surface area contributed by atoms with Crippen LogP contribution in [0.2, 0.25) is 0 Å². The zero-order valence-corrected chi connectivity index (χ0v) is 14.7. The maximum atomic E-state index is 12.3. The molecule has 0 saturated heterocycles. The standard InChI is InChI=1S/C20H20N2O4/c1-13(2)25-16-4-3-15-11-17(20(24)26-18(15)12-16)19(23)22-10-7-14-5-8-21-9-6-14/h3-6,8-9,11-13H,7,10H2,1-2H3,(H,22,23). The molecule has 0 aliphatic rings. The summed E-state index contributed by atoms with van der Waals surface area (Å²) in [6.45, 7) is 4.25. The number of aromatic nitrogens is 1. The first-order valence-electron chi connectivity index (χ1n) is 8.44. The van der Waals surface area contributed by atoms with Crippen molar-refractivity contribution in [1.82, 2.24) is 10.3 Å². The van der Waals surface area contributed by atoms with E-state index in [0.717, 1.165) is 5.56 Å². The van der Waals surface area contributed by atoms with Crippen LogP contribution in [0.5, 0.6) is 5.75 Å². The molecule has 2 aromatic heterocycles. The van der Waals surface area contributed by atoms with Gasteiger partial charge in [-0.3, -0.25) is 9.78 Å². The molecule has 0 bridgehead atoms. The summed E-state index contributed by atoms with van der Waals surface area (Å²) >= 11 is 0. The molecule has 6 nitrogen and oxygen atoms in total. The summed E-state index contributed by atoms with van der Waals surface area (Å²) in [5.41, 5.74) is 0.773. The molecule has 0 atom stereocenters. The highest BCUT2D eigenvalue weighted by atomic mass is 16.5. The van der Waals surface area contributed by atoms with E-state index in [4.69, 9.17) is 9.15 Å². The Bertz CT molecular complexity index is 964. The highest BCUT2D eigenvalue weighted by molar-refractivity contribution is 5.96. The minimum absolute atomic E-state index is 0.00948. The van der Waals surface area contributed by atoms with Gasteiger partial charge < -0.3 is 14.5 Å². The molecule has 0 spiro atoms. The van der Waals surface area contributed by atoms with Gasteiger partial charge in [-0.25, -0.2) is 4.79 Å². The molecule has 6 heteroatoms. The summed E-state index contributed by atoms with van der Waals surface area (Å²) in [7, 11) is 0. The second-order valence-corrected chi connectivity index (χ2v) is 6.18. The Morgan fingerprint density at radius 2 is 1.96 bits per heavy atom. The monoisotopic (exact) mass is 352 g/mol. The van der Waals surface area contributed by atoms with E-state index >= 15 is 0 Å². The van der Waals surface area contributed by atoms with Gasteiger partial charge in [0.25, 0.3) is 5.91 Å². The van der Waals surface area contributed by atoms with Gasteiger partial charge in [0.1, 0.15) is 16.9 Å². The SMILES string of the molecule is CC(C)Oc1ccc2cc(C(=O)NCCc3ccncc3)c(=O)oc2c1. The van der Waals surface area contributed by atoms with Crippen LogP contribution in [0.1, 0.15) is 29.8 Å². The van der Waals surface area contributed by atoms with Crippen molar-refractivity contribution in [2.75, 3.05) is 6.54 Å². The molecule has 0 aliphatic heterocycles. The molecular weight excluding hydrogens is 332 g/mol. The van der Waals surface area contributed by atoms with Crippen molar-refractivity contribution in [3.63, 3.8) is 0 Å². The minimum Gasteiger partial charge on any atom is -0.491 e. The van der Waals surface area contributed by atoms with Gasteiger partial charge in [0.15, 0.2) is 0 Å². The van der Waals surface area contributed by atoms with Crippen LogP contribution >= 0.6 is 0 Å². The number of pyridine rings is 1. The van der Waals surface area contributed by atoms with Crippen LogP contribution in [0.3, 0.4) is 0 Å². The molecule has 0 fully saturated rings. The molecule has 0 aliphatic carbocycles. The maximum absolute atomic E-state index is 12.3. The van der Waals surface area contributed by atoms with E-state index < -0.39 is 11.5 Å². The van der Waals surface area contributed by atoms with Crippen LogP contribution in [0, 0.1) is 0 Å². The lowest BCUT2D eigenvalue weighted by Gasteiger charge is -2.10. The molecular formula is C20H20N2O4. The van der Waals surface area contributed by atoms with E-state index in [1.165, 1.54) is 0 Å². The molecule has 3 aromatic rings. The number of rotatable bonds is 6. The second-order valence-electron chi connectivity index (χ2n) is 6.18. The topological polar surface area (TPSA) is 81.4 Å². The summed E-state index contributed by atoms with van der Waals surface area (Å²) in [5.74, 6) is 0.169. The lowest BCUT2D eigenvalue weighted by Crippen LogP contribution is -2.29. The first kappa shape index (κ1) is 17.7. The van der Waals surface area contributed by atoms with Crippen molar-refractivity contribution in [2.45, 2.75) is 26.4 Å². The maximum Gasteiger partial charge on any atom is 0.349 e. The number of hydrogen-bond acceptors (Lipinski definition) is 5. The Kier molecular flexibility index (Phi) is 5.31. The lowest BCUT2D eigenvalue weighted by molar-refractivity contribution is 0.0950. The number of nitrogens with one attached hydrogen (secondary N) is 1. The van der Waals surface area contributed by atoms with Crippen molar-refractivity contribution in [1.29, 1.82) is 0 Å². The van der Waals surface area contributed by atoms with Gasteiger partial charge in [-0.15, -0.1) is 0 Å². The predicted octanol–water partition coefficient (Wildman–Crippen LogP) is 2.95. The number of hydrogen-bond donors (Lipinski definition) is 1. The Morgan fingerprint density at radius 1 is 1.19 bits per heavy atom. The molecule has 1 N–H and O–H groups in total. The van der Waals surface area contributed by atoms with Crippen LogP contribution < -0.4 is 15.7 Å². The number of amides is 1. The van der Waals surface area contributed by atoms with Gasteiger partial charge in [0, 0.05) is 30.4 Å². The van der Waals surface area contributed by atoms with E-state index in [1.807, 2.05) is 26.0 Å². The van der Waals surface area contributed by atoms with Gasteiger partial charge >= 0.3 is 5.63 Å². The zero-order valence-electron chi connectivity index (χ0n) is 14.7. The lowest BCUT2D eigenvalue weighted by atomic mass is 10.1. The average Bonchev–Trinajstić information content (AvgIpc) is 2.61. The van der Waals surface area contributed by atoms with Crippen LogP contribution in [-0.2, 0) is 6.42 Å². The Labute approximate surface area is 150 Å². The first-order valence-corrected chi connectivity index (χ1v) is 8.44. The summed E-state index contributed by atoms with van der Waals surface area (Å²) in [6.07, 6.45) is 4.08. The van der Waals surface area contributed by atoms with E-state index in [-0.39, 0.29) is 11.7 Å². The van der Waals surface area contributed by atoms with E-state index in [9.17, 15) is 9.59 Å². The molecule has 134 valence electrons. The summed E-state index contributed by atoms with van der Waals surface area (Å²) < 4.78 is 10.9. The quantitative estimate of drug-likeness (QED) is 0.690. The third kappa shape index (κ3) is 4.27. The number of carbonyl (C=O) groups excluding carboxylic acids is 1. The Balaban J connectivity index is 1.73. The van der Waals surface area contributed by atoms with E-state index in [1.54, 1.807) is 36.7 Å². The smallest absolute Gasteiger partial charge is 0.349 e. The number of carbonyl (C=O) groups is 1. The van der Waals surface area contributed by atoms with Crippen molar-refractivity contribution in [3.8, 4) is 5.75 Å². The van der Waals surface area contributed by atoms with Gasteiger partial charge in [0.2, 0.25) is 0 Å².